The van der Waals surface area contributed by atoms with Gasteiger partial charge in [0, 0.05) is 7.05 Å². The van der Waals surface area contributed by atoms with Crippen molar-refractivity contribution < 1.29 is 14.3 Å². The van der Waals surface area contributed by atoms with Gasteiger partial charge in [0.05, 0.1) is 7.11 Å². The lowest BCUT2D eigenvalue weighted by Gasteiger charge is -2.24. The molecule has 0 saturated carbocycles. The van der Waals surface area contributed by atoms with E-state index < -0.39 is 12.0 Å². The maximum Gasteiger partial charge on any atom is 0.328 e. The Labute approximate surface area is 96.2 Å². The molecule has 0 rings (SSSR count). The summed E-state index contributed by atoms with van der Waals surface area (Å²) in [6.07, 6.45) is 3.34. The second-order valence-corrected chi connectivity index (χ2v) is 3.48. The quantitative estimate of drug-likeness (QED) is 0.386. The van der Waals surface area contributed by atoms with Crippen molar-refractivity contribution >= 4 is 11.9 Å². The number of rotatable bonds is 7. The molecule has 92 valence electrons. The fraction of sp³-hybridized carbons (Fsp3) is 0.636. The Morgan fingerprint density at radius 3 is 2.56 bits per heavy atom. The topological polar surface area (TPSA) is 72.6 Å². The van der Waals surface area contributed by atoms with Crippen molar-refractivity contribution in [3.8, 4) is 0 Å². The first-order valence-corrected chi connectivity index (χ1v) is 5.25. The van der Waals surface area contributed by atoms with Crippen LogP contribution in [0.4, 0.5) is 0 Å². The minimum atomic E-state index is -0.554. The van der Waals surface area contributed by atoms with Crippen molar-refractivity contribution in [2.24, 2.45) is 5.73 Å². The molecular formula is C11H20N2O3. The van der Waals surface area contributed by atoms with Crippen LogP contribution >= 0.6 is 0 Å². The van der Waals surface area contributed by atoms with E-state index in [1.165, 1.54) is 18.1 Å². The maximum atomic E-state index is 11.5. The van der Waals surface area contributed by atoms with E-state index in [4.69, 9.17) is 5.73 Å². The maximum absolute atomic E-state index is 11.5. The van der Waals surface area contributed by atoms with Crippen molar-refractivity contribution in [2.45, 2.75) is 25.3 Å². The molecule has 0 aliphatic carbocycles. The molecule has 0 aromatic carbocycles. The summed E-state index contributed by atoms with van der Waals surface area (Å²) in [5.41, 5.74) is 5.37. The fourth-order valence-corrected chi connectivity index (χ4v) is 1.39. The summed E-state index contributed by atoms with van der Waals surface area (Å²) in [6, 6.07) is -0.554. The highest BCUT2D eigenvalue weighted by molar-refractivity contribution is 5.90. The molecule has 0 radical (unpaired) electrons. The molecule has 16 heavy (non-hydrogen) atoms. The van der Waals surface area contributed by atoms with Crippen LogP contribution in [0.2, 0.25) is 0 Å². The highest BCUT2D eigenvalue weighted by Gasteiger charge is 2.25. The van der Waals surface area contributed by atoms with E-state index in [1.807, 2.05) is 0 Å². The number of unbranched alkanes of at least 4 members (excludes halogenated alkanes) is 1. The minimum absolute atomic E-state index is 0.289. The summed E-state index contributed by atoms with van der Waals surface area (Å²) in [4.78, 5) is 24.2. The van der Waals surface area contributed by atoms with Crippen LogP contribution in [-0.2, 0) is 14.3 Å². The lowest BCUT2D eigenvalue weighted by molar-refractivity contribution is -0.150. The van der Waals surface area contributed by atoms with Gasteiger partial charge in [-0.25, -0.2) is 4.79 Å². The molecule has 0 fully saturated rings. The van der Waals surface area contributed by atoms with Gasteiger partial charge in [0.25, 0.3) is 0 Å². The Kier molecular flexibility index (Phi) is 7.20. The summed E-state index contributed by atoms with van der Waals surface area (Å²) in [6.45, 7) is 3.96. The van der Waals surface area contributed by atoms with Gasteiger partial charge in [-0.15, -0.1) is 0 Å². The zero-order chi connectivity index (χ0) is 12.6. The molecule has 5 nitrogen and oxygen atoms in total. The molecule has 1 amide bonds. The van der Waals surface area contributed by atoms with E-state index >= 15 is 0 Å². The number of methoxy groups -OCH3 is 1. The number of amides is 1. The lowest BCUT2D eigenvalue weighted by Crippen LogP contribution is -2.42. The molecule has 5 heteroatoms. The van der Waals surface area contributed by atoms with E-state index in [9.17, 15) is 9.59 Å². The molecule has 0 aliphatic rings. The van der Waals surface area contributed by atoms with Gasteiger partial charge in [-0.2, -0.15) is 0 Å². The first-order chi connectivity index (χ1) is 7.58. The summed E-state index contributed by atoms with van der Waals surface area (Å²) in [5.74, 6) is -0.696. The first-order valence-electron chi connectivity index (χ1n) is 5.25. The molecule has 1 atom stereocenters. The van der Waals surface area contributed by atoms with Crippen LogP contribution in [0.15, 0.2) is 12.7 Å². The van der Waals surface area contributed by atoms with Crippen molar-refractivity contribution in [1.29, 1.82) is 0 Å². The highest BCUT2D eigenvalue weighted by Crippen LogP contribution is 2.09. The Bertz CT molecular complexity index is 254. The van der Waals surface area contributed by atoms with Gasteiger partial charge in [-0.1, -0.05) is 6.58 Å². The Morgan fingerprint density at radius 1 is 1.50 bits per heavy atom. The predicted molar refractivity (Wildman–Crippen MR) is 61.7 cm³/mol. The van der Waals surface area contributed by atoms with Crippen molar-refractivity contribution in [2.75, 3.05) is 20.7 Å². The molecule has 0 bridgehead atoms. The number of hydrogen-bond acceptors (Lipinski definition) is 4. The minimum Gasteiger partial charge on any atom is -0.467 e. The molecule has 0 heterocycles. The number of nitrogens with zero attached hydrogens (tertiary/aromatic N) is 1. The van der Waals surface area contributed by atoms with Crippen LogP contribution in [-0.4, -0.2) is 43.5 Å². The second-order valence-electron chi connectivity index (χ2n) is 3.48. The number of carbonyl (C=O) groups is 2. The van der Waals surface area contributed by atoms with Gasteiger partial charge in [-0.05, 0) is 31.9 Å². The monoisotopic (exact) mass is 228 g/mol. The Balaban J connectivity index is 4.46. The van der Waals surface area contributed by atoms with Gasteiger partial charge in [0.15, 0.2) is 0 Å². The third-order valence-electron chi connectivity index (χ3n) is 2.39. The third-order valence-corrected chi connectivity index (χ3v) is 2.39. The smallest absolute Gasteiger partial charge is 0.328 e. The van der Waals surface area contributed by atoms with E-state index in [1.54, 1.807) is 7.05 Å². The predicted octanol–water partition coefficient (Wildman–Crippen LogP) is 0.301. The average Bonchev–Trinajstić information content (AvgIpc) is 2.32. The summed E-state index contributed by atoms with van der Waals surface area (Å²) < 4.78 is 4.66. The fourth-order valence-electron chi connectivity index (χ4n) is 1.39. The number of hydrogen-bond donors (Lipinski definition) is 1. The second kappa shape index (κ2) is 7.87. The number of esters is 1. The number of ether oxygens (including phenoxy) is 1. The molecule has 0 saturated heterocycles. The standard InChI is InChI=1S/C11H20N2O3/c1-4-10(14)13(2)9(11(15)16-3)7-5-6-8-12/h4,9H,1,5-8,12H2,2-3H3/t9-/m0/s1. The van der Waals surface area contributed by atoms with E-state index in [0.717, 1.165) is 12.8 Å². The van der Waals surface area contributed by atoms with Crippen molar-refractivity contribution in [3.63, 3.8) is 0 Å². The van der Waals surface area contributed by atoms with Gasteiger partial charge in [-0.3, -0.25) is 4.79 Å². The van der Waals surface area contributed by atoms with Gasteiger partial charge in [0.2, 0.25) is 5.91 Å². The molecule has 0 aliphatic heterocycles. The van der Waals surface area contributed by atoms with Crippen molar-refractivity contribution in [1.82, 2.24) is 4.90 Å². The summed E-state index contributed by atoms with van der Waals surface area (Å²) in [5, 5.41) is 0. The largest absolute Gasteiger partial charge is 0.467 e. The van der Waals surface area contributed by atoms with Crippen LogP contribution in [0.5, 0.6) is 0 Å². The number of likely N-dealkylation sites (N-methyl/N-ethyl adjacent to an activating group) is 1. The average molecular weight is 228 g/mol. The van der Waals surface area contributed by atoms with Crippen LogP contribution in [0.25, 0.3) is 0 Å². The normalized spacial score (nSPS) is 11.7. The molecule has 2 N–H and O–H groups in total. The molecule has 0 aromatic heterocycles. The van der Waals surface area contributed by atoms with E-state index in [-0.39, 0.29) is 5.91 Å². The van der Waals surface area contributed by atoms with E-state index in [2.05, 4.69) is 11.3 Å². The third kappa shape index (κ3) is 4.44. The molecule has 0 unspecified atom stereocenters. The molecule has 0 aromatic rings. The SMILES string of the molecule is C=CC(=O)N(C)[C@@H](CCCCN)C(=O)OC. The van der Waals surface area contributed by atoms with Crippen LogP contribution in [0.1, 0.15) is 19.3 Å². The first kappa shape index (κ1) is 14.6. The lowest BCUT2D eigenvalue weighted by atomic mass is 10.1. The van der Waals surface area contributed by atoms with Crippen LogP contribution < -0.4 is 5.73 Å². The van der Waals surface area contributed by atoms with Crippen LogP contribution in [0, 0.1) is 0 Å². The molecule has 0 spiro atoms. The zero-order valence-electron chi connectivity index (χ0n) is 9.94. The van der Waals surface area contributed by atoms with Gasteiger partial charge < -0.3 is 15.4 Å². The van der Waals surface area contributed by atoms with E-state index in [0.29, 0.717) is 13.0 Å². The number of carbonyl (C=O) groups excluding carboxylic acids is 2. The van der Waals surface area contributed by atoms with Crippen LogP contribution in [0.3, 0.4) is 0 Å². The highest BCUT2D eigenvalue weighted by atomic mass is 16.5. The Hall–Kier alpha value is -1.36. The summed E-state index contributed by atoms with van der Waals surface area (Å²) >= 11 is 0. The zero-order valence-corrected chi connectivity index (χ0v) is 9.94. The Morgan fingerprint density at radius 2 is 2.12 bits per heavy atom. The summed E-state index contributed by atoms with van der Waals surface area (Å²) in [7, 11) is 2.87. The van der Waals surface area contributed by atoms with Gasteiger partial charge in [0.1, 0.15) is 6.04 Å². The number of nitrogens with two attached hydrogens (primary N) is 1. The van der Waals surface area contributed by atoms with Crippen molar-refractivity contribution in [3.05, 3.63) is 12.7 Å². The molecular weight excluding hydrogens is 208 g/mol. The van der Waals surface area contributed by atoms with Gasteiger partial charge >= 0.3 is 5.97 Å².